The molecule has 0 aromatic carbocycles. The van der Waals surface area contributed by atoms with Gasteiger partial charge in [-0.05, 0) is 19.8 Å². The second-order valence-corrected chi connectivity index (χ2v) is 7.79. The lowest BCUT2D eigenvalue weighted by molar-refractivity contribution is -0.358. The molecule has 0 radical (unpaired) electrons. The highest BCUT2D eigenvalue weighted by Gasteiger charge is 2.68. The molecule has 0 saturated carbocycles. The molecule has 0 aromatic heterocycles. The van der Waals surface area contributed by atoms with Gasteiger partial charge in [0.25, 0.3) is 0 Å². The van der Waals surface area contributed by atoms with Crippen LogP contribution in [0.4, 0.5) is 43.9 Å². The number of rotatable bonds is 12. The van der Waals surface area contributed by atoms with E-state index in [2.05, 4.69) is 20.8 Å². The van der Waals surface area contributed by atoms with Crippen LogP contribution in [-0.2, 0) is 33.9 Å². The van der Waals surface area contributed by atoms with Gasteiger partial charge in [-0.25, -0.2) is 9.59 Å². The van der Waals surface area contributed by atoms with Crippen LogP contribution in [0.2, 0.25) is 0 Å². The molecule has 0 rings (SSSR count). The Bertz CT molecular complexity index is 852. The van der Waals surface area contributed by atoms with Crippen LogP contribution in [0, 0.1) is 0 Å². The Hall–Kier alpha value is -2.15. The van der Waals surface area contributed by atoms with Crippen LogP contribution >= 0.6 is 0 Å². The van der Waals surface area contributed by atoms with Crippen molar-refractivity contribution in [2.24, 2.45) is 0 Å². The van der Waals surface area contributed by atoms with Crippen molar-refractivity contribution in [1.82, 2.24) is 0 Å². The van der Waals surface area contributed by atoms with Crippen molar-refractivity contribution in [2.45, 2.75) is 61.6 Å². The number of unbranched alkanes of at least 4 members (excludes halogenated alkanes) is 1. The van der Waals surface area contributed by atoms with Crippen LogP contribution in [0.5, 0.6) is 0 Å². The molecular formula is C15H16F10O8S. The quantitative estimate of drug-likeness (QED) is 0.0983. The van der Waals surface area contributed by atoms with Gasteiger partial charge in [-0.1, -0.05) is 6.58 Å². The maximum atomic E-state index is 13.5. The Labute approximate surface area is 184 Å². The lowest BCUT2D eigenvalue weighted by atomic mass is 10.1. The van der Waals surface area contributed by atoms with E-state index in [1.165, 1.54) is 0 Å². The zero-order valence-electron chi connectivity index (χ0n) is 16.7. The molecular weight excluding hydrogens is 530 g/mol. The molecule has 34 heavy (non-hydrogen) atoms. The van der Waals surface area contributed by atoms with E-state index < -0.39 is 83.3 Å². The second-order valence-electron chi connectivity index (χ2n) is 6.33. The van der Waals surface area contributed by atoms with E-state index in [-0.39, 0.29) is 13.0 Å². The molecule has 2 unspecified atom stereocenters. The van der Waals surface area contributed by atoms with Gasteiger partial charge in [0.05, 0.1) is 6.61 Å². The topological polar surface area (TPSA) is 116 Å². The molecule has 2 atom stereocenters. The van der Waals surface area contributed by atoms with Crippen molar-refractivity contribution >= 4 is 22.1 Å². The molecule has 0 aliphatic rings. The summed E-state index contributed by atoms with van der Waals surface area (Å²) in [6.07, 6.45) is -18.9. The SMILES string of the molecule is C=CC(=O)OC(OCCCCC(F)(F)C(F)(F)S(=O)(=O)O)(C(=O)OC(C)C(F)(F)F)C(F)(F)F. The molecule has 0 aliphatic carbocycles. The Morgan fingerprint density at radius 3 is 1.88 bits per heavy atom. The molecule has 0 bridgehead atoms. The minimum absolute atomic E-state index is 0.0578. The van der Waals surface area contributed by atoms with Gasteiger partial charge in [-0.2, -0.15) is 52.3 Å². The van der Waals surface area contributed by atoms with Crippen molar-refractivity contribution in [3.05, 3.63) is 12.7 Å². The van der Waals surface area contributed by atoms with Crippen LogP contribution in [0.25, 0.3) is 0 Å². The summed E-state index contributed by atoms with van der Waals surface area (Å²) in [6, 6.07) is 0. The van der Waals surface area contributed by atoms with Gasteiger partial charge < -0.3 is 14.2 Å². The molecule has 200 valence electrons. The Kier molecular flexibility index (Phi) is 9.96. The lowest BCUT2D eigenvalue weighted by Gasteiger charge is -2.33. The van der Waals surface area contributed by atoms with Crippen LogP contribution < -0.4 is 0 Å². The smallest absolute Gasteiger partial charge is 0.448 e. The number of esters is 2. The Balaban J connectivity index is 5.67. The van der Waals surface area contributed by atoms with Gasteiger partial charge >= 0.3 is 51.4 Å². The fourth-order valence-electron chi connectivity index (χ4n) is 1.87. The summed E-state index contributed by atoms with van der Waals surface area (Å²) >= 11 is 0. The number of carbonyl (C=O) groups is 2. The maximum absolute atomic E-state index is 13.5. The van der Waals surface area contributed by atoms with Gasteiger partial charge in [0.2, 0.25) is 0 Å². The summed E-state index contributed by atoms with van der Waals surface area (Å²) in [5, 5.41) is -5.96. The van der Waals surface area contributed by atoms with Crippen LogP contribution in [-0.4, -0.2) is 66.9 Å². The highest BCUT2D eigenvalue weighted by Crippen LogP contribution is 2.42. The largest absolute Gasteiger partial charge is 0.468 e. The normalized spacial score (nSPS) is 16.4. The van der Waals surface area contributed by atoms with Crippen LogP contribution in [0.3, 0.4) is 0 Å². The van der Waals surface area contributed by atoms with Crippen LogP contribution in [0.1, 0.15) is 26.2 Å². The molecule has 19 heteroatoms. The number of hydrogen-bond acceptors (Lipinski definition) is 7. The number of carbonyl (C=O) groups excluding carboxylic acids is 2. The van der Waals surface area contributed by atoms with E-state index in [0.29, 0.717) is 0 Å². The lowest BCUT2D eigenvalue weighted by Crippen LogP contribution is -2.59. The number of hydrogen-bond donors (Lipinski definition) is 1. The predicted molar refractivity (Wildman–Crippen MR) is 87.9 cm³/mol. The van der Waals surface area contributed by atoms with E-state index >= 15 is 0 Å². The van der Waals surface area contributed by atoms with Crippen molar-refractivity contribution in [3.8, 4) is 0 Å². The van der Waals surface area contributed by atoms with E-state index in [1.54, 1.807) is 0 Å². The molecule has 0 heterocycles. The molecule has 1 N–H and O–H groups in total. The second kappa shape index (κ2) is 10.6. The minimum atomic E-state index is -6.58. The minimum Gasteiger partial charge on any atom is -0.448 e. The molecule has 0 aromatic rings. The van der Waals surface area contributed by atoms with E-state index in [9.17, 15) is 61.9 Å². The first-order valence-corrected chi connectivity index (χ1v) is 9.97. The van der Waals surface area contributed by atoms with Crippen LogP contribution in [0.15, 0.2) is 12.7 Å². The molecule has 0 spiro atoms. The first-order valence-electron chi connectivity index (χ1n) is 8.53. The van der Waals surface area contributed by atoms with Crippen molar-refractivity contribution < 1.29 is 80.7 Å². The van der Waals surface area contributed by atoms with Gasteiger partial charge in [0.15, 0.2) is 6.10 Å². The molecule has 8 nitrogen and oxygen atoms in total. The fraction of sp³-hybridized carbons (Fsp3) is 0.733. The summed E-state index contributed by atoms with van der Waals surface area (Å²) < 4.78 is 171. The van der Waals surface area contributed by atoms with Crippen molar-refractivity contribution in [2.75, 3.05) is 6.61 Å². The average molecular weight is 546 g/mol. The van der Waals surface area contributed by atoms with Crippen molar-refractivity contribution in [1.29, 1.82) is 0 Å². The van der Waals surface area contributed by atoms with Gasteiger partial charge in [0, 0.05) is 12.5 Å². The third kappa shape index (κ3) is 7.42. The zero-order chi connectivity index (χ0) is 27.4. The summed E-state index contributed by atoms with van der Waals surface area (Å²) in [6.45, 7) is 1.31. The van der Waals surface area contributed by atoms with Gasteiger partial charge in [-0.3, -0.25) is 4.55 Å². The molecule has 0 aliphatic heterocycles. The summed E-state index contributed by atoms with van der Waals surface area (Å²) in [7, 11) is -6.58. The first kappa shape index (κ1) is 31.9. The summed E-state index contributed by atoms with van der Waals surface area (Å²) in [5.74, 6) is -15.2. The third-order valence-corrected chi connectivity index (χ3v) is 4.68. The van der Waals surface area contributed by atoms with E-state index in [0.717, 1.165) is 0 Å². The summed E-state index contributed by atoms with van der Waals surface area (Å²) in [5.41, 5.74) is 0. The number of alkyl halides is 10. The molecule has 0 amide bonds. The highest BCUT2D eigenvalue weighted by atomic mass is 32.2. The van der Waals surface area contributed by atoms with E-state index in [1.807, 2.05) is 0 Å². The monoisotopic (exact) mass is 546 g/mol. The predicted octanol–water partition coefficient (Wildman–Crippen LogP) is 3.77. The Morgan fingerprint density at radius 2 is 1.50 bits per heavy atom. The summed E-state index contributed by atoms with van der Waals surface area (Å²) in [4.78, 5) is 23.2. The average Bonchev–Trinajstić information content (AvgIpc) is 2.63. The highest BCUT2D eigenvalue weighted by molar-refractivity contribution is 7.87. The fourth-order valence-corrected chi connectivity index (χ4v) is 2.35. The van der Waals surface area contributed by atoms with Gasteiger partial charge in [-0.15, -0.1) is 0 Å². The standard InChI is InChI=1S/C15H16F10O8S/c1-3-9(26)33-12(14(21,22)23,10(27)32-8(2)13(18,19)20)31-7-5-4-6-11(16,17)15(24,25)34(28,29)30/h3,8H,1,4-7H2,2H3,(H,28,29,30). The van der Waals surface area contributed by atoms with Crippen molar-refractivity contribution in [3.63, 3.8) is 0 Å². The number of ether oxygens (including phenoxy) is 3. The first-order chi connectivity index (χ1) is 15.0. The number of halogens is 10. The third-order valence-electron chi connectivity index (χ3n) is 3.74. The molecule has 0 fully saturated rings. The molecule has 0 saturated heterocycles. The van der Waals surface area contributed by atoms with E-state index in [4.69, 9.17) is 4.55 Å². The maximum Gasteiger partial charge on any atom is 0.468 e. The Morgan fingerprint density at radius 1 is 1.00 bits per heavy atom. The van der Waals surface area contributed by atoms with Gasteiger partial charge in [0.1, 0.15) is 0 Å². The zero-order valence-corrected chi connectivity index (χ0v) is 17.5.